The predicted octanol–water partition coefficient (Wildman–Crippen LogP) is 19.0. The zero-order chi connectivity index (χ0) is 46.6. The Morgan fingerprint density at radius 2 is 0.942 bits per heavy atom. The van der Waals surface area contributed by atoms with Gasteiger partial charge in [0, 0.05) is 65.6 Å². The standard InChI is InChI=1S/C64H48BrN3O/c1-64(2,3)45-38-50(42-51(39-45)67(47-25-16-24-46(65)40-47)62-52(43-20-6-4-7-21-43)31-18-32-53(62)44-22-8-5-9-23-44)66(60-36-19-33-57-56-30-12-15-37-61(56)69-63(57)60)48-26-17-27-49(41-48)68-58-34-13-10-28-54(58)55-29-11-14-35-59(55)68/h4-42H,1-3H3. The molecule has 0 saturated carbocycles. The molecule has 0 amide bonds. The number of furan rings is 1. The molecule has 2 aromatic heterocycles. The van der Waals surface area contributed by atoms with Crippen molar-refractivity contribution in [1.82, 2.24) is 4.57 Å². The summed E-state index contributed by atoms with van der Waals surface area (Å²) in [6, 6.07) is 85.3. The van der Waals surface area contributed by atoms with Crippen LogP contribution in [0.15, 0.2) is 245 Å². The van der Waals surface area contributed by atoms with Crippen LogP contribution in [-0.4, -0.2) is 4.57 Å². The number of aromatic nitrogens is 1. The molecule has 2 heterocycles. The smallest absolute Gasteiger partial charge is 0.159 e. The number of benzene rings is 10. The Morgan fingerprint density at radius 3 is 1.58 bits per heavy atom. The molecule has 0 saturated heterocycles. The van der Waals surface area contributed by atoms with Gasteiger partial charge in [0.2, 0.25) is 0 Å². The van der Waals surface area contributed by atoms with E-state index >= 15 is 0 Å². The maximum absolute atomic E-state index is 6.92. The molecular formula is C64H48BrN3O. The number of hydrogen-bond donors (Lipinski definition) is 0. The second-order valence-corrected chi connectivity index (χ2v) is 19.6. The van der Waals surface area contributed by atoms with Crippen LogP contribution in [0.2, 0.25) is 0 Å². The van der Waals surface area contributed by atoms with E-state index in [9.17, 15) is 0 Å². The molecule has 0 unspecified atom stereocenters. The lowest BCUT2D eigenvalue weighted by Crippen LogP contribution is -2.18. The van der Waals surface area contributed by atoms with E-state index in [1.54, 1.807) is 0 Å². The zero-order valence-corrected chi connectivity index (χ0v) is 40.2. The van der Waals surface area contributed by atoms with E-state index in [2.05, 4.69) is 282 Å². The average Bonchev–Trinajstić information content (AvgIpc) is 3.94. The van der Waals surface area contributed by atoms with Gasteiger partial charge in [-0.3, -0.25) is 0 Å². The van der Waals surface area contributed by atoms with Gasteiger partial charge in [0.15, 0.2) is 5.58 Å². The molecule has 69 heavy (non-hydrogen) atoms. The summed E-state index contributed by atoms with van der Waals surface area (Å²) in [5.74, 6) is 0. The van der Waals surface area contributed by atoms with Gasteiger partial charge in [0.1, 0.15) is 5.58 Å². The minimum absolute atomic E-state index is 0.239. The Balaban J connectivity index is 1.17. The first-order valence-electron chi connectivity index (χ1n) is 23.5. The molecule has 0 bridgehead atoms. The minimum Gasteiger partial charge on any atom is -0.454 e. The van der Waals surface area contributed by atoms with Crippen molar-refractivity contribution in [1.29, 1.82) is 0 Å². The third-order valence-electron chi connectivity index (χ3n) is 13.3. The van der Waals surface area contributed by atoms with Gasteiger partial charge < -0.3 is 18.8 Å². The van der Waals surface area contributed by atoms with Crippen molar-refractivity contribution in [3.63, 3.8) is 0 Å². The maximum atomic E-state index is 6.92. The van der Waals surface area contributed by atoms with Crippen LogP contribution in [0.25, 0.3) is 71.7 Å². The van der Waals surface area contributed by atoms with Gasteiger partial charge in [0.25, 0.3) is 0 Å². The molecule has 12 aromatic rings. The summed E-state index contributed by atoms with van der Waals surface area (Å²) >= 11 is 3.89. The van der Waals surface area contributed by atoms with Crippen LogP contribution in [0.1, 0.15) is 26.3 Å². The van der Waals surface area contributed by atoms with Crippen molar-refractivity contribution in [3.05, 3.63) is 247 Å². The van der Waals surface area contributed by atoms with Gasteiger partial charge >= 0.3 is 0 Å². The number of hydrogen-bond acceptors (Lipinski definition) is 3. The van der Waals surface area contributed by atoms with Crippen molar-refractivity contribution in [2.75, 3.05) is 9.80 Å². The predicted molar refractivity (Wildman–Crippen MR) is 295 cm³/mol. The lowest BCUT2D eigenvalue weighted by molar-refractivity contribution is 0.590. The number of nitrogens with zero attached hydrogens (tertiary/aromatic N) is 3. The van der Waals surface area contributed by atoms with Gasteiger partial charge in [-0.1, -0.05) is 194 Å². The number of fused-ring (bicyclic) bond motifs is 6. The Bertz CT molecular complexity index is 3750. The van der Waals surface area contributed by atoms with E-state index in [4.69, 9.17) is 4.42 Å². The van der Waals surface area contributed by atoms with Crippen LogP contribution < -0.4 is 9.80 Å². The molecular weight excluding hydrogens is 907 g/mol. The average molecular weight is 955 g/mol. The summed E-state index contributed by atoms with van der Waals surface area (Å²) in [7, 11) is 0. The highest BCUT2D eigenvalue weighted by atomic mass is 79.9. The van der Waals surface area contributed by atoms with Crippen LogP contribution >= 0.6 is 15.9 Å². The molecule has 12 rings (SSSR count). The van der Waals surface area contributed by atoms with E-state index in [0.29, 0.717) is 0 Å². The van der Waals surface area contributed by atoms with Gasteiger partial charge in [-0.2, -0.15) is 0 Å². The van der Waals surface area contributed by atoms with Crippen LogP contribution in [0, 0.1) is 0 Å². The van der Waals surface area contributed by atoms with E-state index in [-0.39, 0.29) is 5.41 Å². The molecule has 0 aliphatic carbocycles. The van der Waals surface area contributed by atoms with Crippen molar-refractivity contribution in [2.45, 2.75) is 26.2 Å². The van der Waals surface area contributed by atoms with E-state index in [1.807, 2.05) is 6.07 Å². The highest BCUT2D eigenvalue weighted by Crippen LogP contribution is 2.51. The molecule has 0 radical (unpaired) electrons. The Labute approximate surface area is 411 Å². The maximum Gasteiger partial charge on any atom is 0.159 e. The second-order valence-electron chi connectivity index (χ2n) is 18.7. The van der Waals surface area contributed by atoms with E-state index in [0.717, 1.165) is 99.5 Å². The van der Waals surface area contributed by atoms with Gasteiger partial charge in [-0.15, -0.1) is 0 Å². The van der Waals surface area contributed by atoms with Crippen molar-refractivity contribution >= 4 is 93.8 Å². The van der Waals surface area contributed by atoms with Crippen LogP contribution in [0.3, 0.4) is 0 Å². The topological polar surface area (TPSA) is 24.6 Å². The summed E-state index contributed by atoms with van der Waals surface area (Å²) in [6.45, 7) is 6.92. The third-order valence-corrected chi connectivity index (χ3v) is 13.8. The quantitative estimate of drug-likeness (QED) is 0.144. The Hall–Kier alpha value is -8.12. The largest absolute Gasteiger partial charge is 0.454 e. The lowest BCUT2D eigenvalue weighted by atomic mass is 9.86. The van der Waals surface area contributed by atoms with Crippen LogP contribution in [-0.2, 0) is 5.41 Å². The van der Waals surface area contributed by atoms with Crippen molar-refractivity contribution in [3.8, 4) is 27.9 Å². The molecule has 4 nitrogen and oxygen atoms in total. The fourth-order valence-corrected chi connectivity index (χ4v) is 10.5. The normalized spacial score (nSPS) is 11.8. The Kier molecular flexibility index (Phi) is 10.5. The first-order chi connectivity index (χ1) is 33.8. The van der Waals surface area contributed by atoms with Gasteiger partial charge in [0.05, 0.1) is 22.4 Å². The molecule has 0 N–H and O–H groups in total. The number of halogens is 1. The van der Waals surface area contributed by atoms with Crippen LogP contribution in [0.5, 0.6) is 0 Å². The molecule has 0 spiro atoms. The summed E-state index contributed by atoms with van der Waals surface area (Å²) in [4.78, 5) is 4.86. The number of rotatable bonds is 9. The zero-order valence-electron chi connectivity index (χ0n) is 38.6. The number of anilines is 6. The fraction of sp³-hybridized carbons (Fsp3) is 0.0625. The highest BCUT2D eigenvalue weighted by molar-refractivity contribution is 9.10. The SMILES string of the molecule is CC(C)(C)c1cc(N(c2cccc(Br)c2)c2c(-c3ccccc3)cccc2-c2ccccc2)cc(N(c2cccc(-n3c4ccccc4c4ccccc43)c2)c2cccc3c2oc2ccccc23)c1. The monoisotopic (exact) mass is 953 g/mol. The minimum atomic E-state index is -0.239. The Morgan fingerprint density at radius 1 is 0.420 bits per heavy atom. The molecule has 10 aromatic carbocycles. The van der Waals surface area contributed by atoms with Crippen molar-refractivity contribution in [2.24, 2.45) is 0 Å². The third kappa shape index (κ3) is 7.56. The van der Waals surface area contributed by atoms with Gasteiger partial charge in [-0.05, 0) is 101 Å². The summed E-state index contributed by atoms with van der Waals surface area (Å²) in [5.41, 5.74) is 16.6. The second kappa shape index (κ2) is 17.2. The van der Waals surface area contributed by atoms with E-state index < -0.39 is 0 Å². The highest BCUT2D eigenvalue weighted by Gasteiger charge is 2.28. The molecule has 0 atom stereocenters. The molecule has 0 aliphatic rings. The molecule has 0 aliphatic heterocycles. The van der Waals surface area contributed by atoms with Gasteiger partial charge in [-0.25, -0.2) is 0 Å². The summed E-state index contributed by atoms with van der Waals surface area (Å²) < 4.78 is 10.3. The summed E-state index contributed by atoms with van der Waals surface area (Å²) in [5, 5.41) is 4.61. The molecule has 0 fully saturated rings. The molecule has 5 heteroatoms. The number of para-hydroxylation sites is 5. The van der Waals surface area contributed by atoms with Crippen LogP contribution in [0.4, 0.5) is 34.1 Å². The first-order valence-corrected chi connectivity index (χ1v) is 24.3. The first kappa shape index (κ1) is 42.2. The fourth-order valence-electron chi connectivity index (χ4n) is 10.1. The molecule has 332 valence electrons. The van der Waals surface area contributed by atoms with E-state index in [1.165, 1.54) is 16.3 Å². The van der Waals surface area contributed by atoms with Crippen molar-refractivity contribution < 1.29 is 4.42 Å². The summed E-state index contributed by atoms with van der Waals surface area (Å²) in [6.07, 6.45) is 0. The lowest BCUT2D eigenvalue weighted by Gasteiger charge is -2.34.